The maximum atomic E-state index is 4.86. The van der Waals surface area contributed by atoms with E-state index in [2.05, 4.69) is 238 Å². The van der Waals surface area contributed by atoms with Crippen molar-refractivity contribution in [2.45, 2.75) is 38.5 Å². The van der Waals surface area contributed by atoms with E-state index in [9.17, 15) is 0 Å². The number of hydrogen-bond donors (Lipinski definition) is 0. The monoisotopic (exact) mass is 954 g/mol. The molecular formula is C68H50N4S. The van der Waals surface area contributed by atoms with Gasteiger partial charge in [0.15, 0.2) is 0 Å². The Morgan fingerprint density at radius 1 is 0.315 bits per heavy atom. The van der Waals surface area contributed by atoms with E-state index in [0.717, 1.165) is 61.1 Å². The summed E-state index contributed by atoms with van der Waals surface area (Å²) in [6.07, 6.45) is 16.4. The lowest BCUT2D eigenvalue weighted by Gasteiger charge is -2.24. The molecule has 348 valence electrons. The van der Waals surface area contributed by atoms with Gasteiger partial charge in [0.25, 0.3) is 0 Å². The quantitative estimate of drug-likeness (QED) is 0.145. The molecule has 4 nitrogen and oxygen atoms in total. The second kappa shape index (κ2) is 17.6. The molecule has 8 aromatic carbocycles. The predicted molar refractivity (Wildman–Crippen MR) is 306 cm³/mol. The summed E-state index contributed by atoms with van der Waals surface area (Å²) in [6, 6.07) is 66.8. The van der Waals surface area contributed by atoms with E-state index >= 15 is 0 Å². The molecule has 0 unspecified atom stereocenters. The SMILES string of the molecule is CC1(C)c2cc(-c3ccccc3)ccc2-c2ccc(-c3cc(/C=C/c4ccncc4)c(-c4ccc5c(c4)C(C)(C)c4cc(-c6ccc(-c7ccccc7)c7nsnc67)ccc4-5)cc3/C=C/c3ccncc3)cc21. The first-order chi connectivity index (χ1) is 35.7. The Morgan fingerprint density at radius 2 is 0.671 bits per heavy atom. The summed E-state index contributed by atoms with van der Waals surface area (Å²) in [5.74, 6) is 0. The molecule has 5 heteroatoms. The summed E-state index contributed by atoms with van der Waals surface area (Å²) in [4.78, 5) is 8.62. The first-order valence-corrected chi connectivity index (χ1v) is 25.7. The van der Waals surface area contributed by atoms with E-state index in [-0.39, 0.29) is 10.8 Å². The molecule has 0 saturated heterocycles. The van der Waals surface area contributed by atoms with Crippen LogP contribution in [0, 0.1) is 0 Å². The van der Waals surface area contributed by atoms with Gasteiger partial charge in [-0.1, -0.05) is 173 Å². The third kappa shape index (κ3) is 7.67. The number of rotatable bonds is 9. The zero-order chi connectivity index (χ0) is 49.3. The first kappa shape index (κ1) is 44.3. The largest absolute Gasteiger partial charge is 0.265 e. The maximum Gasteiger partial charge on any atom is 0.113 e. The van der Waals surface area contributed by atoms with Crippen LogP contribution >= 0.6 is 11.7 Å². The molecule has 0 atom stereocenters. The zero-order valence-electron chi connectivity index (χ0n) is 41.1. The number of fused-ring (bicyclic) bond motifs is 7. The van der Waals surface area contributed by atoms with E-state index in [0.29, 0.717) is 0 Å². The first-order valence-electron chi connectivity index (χ1n) is 25.0. The standard InChI is InChI=1S/C68H50N4S/c1-67(2)61-39-47(45-11-7-5-8-12-45)19-23-55(61)57-25-21-51(41-63(57)67)59-37-49(18-16-44-31-35-70-36-32-44)60(38-48(59)17-15-43-29-33-69-34-30-43)52-22-26-58-56-24-20-50(40-62(56)68(3,4)64(58)42-52)54-28-27-53(46-13-9-6-10-14-46)65-66(54)72-73-71-65/h5-42H,1-4H3/b17-15+,18-16+. The number of aromatic nitrogens is 4. The van der Waals surface area contributed by atoms with Crippen LogP contribution < -0.4 is 0 Å². The fourth-order valence-electron chi connectivity index (χ4n) is 11.5. The van der Waals surface area contributed by atoms with Gasteiger partial charge in [0.2, 0.25) is 0 Å². The van der Waals surface area contributed by atoms with Crippen molar-refractivity contribution in [1.29, 1.82) is 0 Å². The zero-order valence-corrected chi connectivity index (χ0v) is 42.0. The van der Waals surface area contributed by atoms with Crippen molar-refractivity contribution < 1.29 is 0 Å². The lowest BCUT2D eigenvalue weighted by atomic mass is 9.79. The summed E-state index contributed by atoms with van der Waals surface area (Å²) in [6.45, 7) is 9.49. The van der Waals surface area contributed by atoms with Gasteiger partial charge in [-0.3, -0.25) is 9.97 Å². The van der Waals surface area contributed by atoms with Crippen LogP contribution in [0.15, 0.2) is 207 Å². The minimum absolute atomic E-state index is 0.199. The molecule has 0 saturated carbocycles. The molecule has 11 aromatic rings. The van der Waals surface area contributed by atoms with Crippen LogP contribution in [-0.4, -0.2) is 18.7 Å². The van der Waals surface area contributed by atoms with E-state index in [1.165, 1.54) is 84.1 Å². The molecule has 3 heterocycles. The second-order valence-corrected chi connectivity index (χ2v) is 20.9. The third-order valence-corrected chi connectivity index (χ3v) is 16.0. The predicted octanol–water partition coefficient (Wildman–Crippen LogP) is 17.8. The molecule has 73 heavy (non-hydrogen) atoms. The molecule has 0 spiro atoms. The minimum Gasteiger partial charge on any atom is -0.265 e. The average Bonchev–Trinajstić information content (AvgIpc) is 4.09. The van der Waals surface area contributed by atoms with Crippen LogP contribution in [0.1, 0.15) is 72.2 Å². The van der Waals surface area contributed by atoms with E-state index in [1.54, 1.807) is 0 Å². The fourth-order valence-corrected chi connectivity index (χ4v) is 12.0. The Hall–Kier alpha value is -8.64. The van der Waals surface area contributed by atoms with Crippen molar-refractivity contribution in [3.8, 4) is 77.9 Å². The summed E-state index contributed by atoms with van der Waals surface area (Å²) < 4.78 is 9.66. The molecule has 0 amide bonds. The third-order valence-electron chi connectivity index (χ3n) is 15.4. The fraction of sp³-hybridized carbons (Fsp3) is 0.0882. The minimum atomic E-state index is -0.270. The highest BCUT2D eigenvalue weighted by Crippen LogP contribution is 2.53. The summed E-state index contributed by atoms with van der Waals surface area (Å²) >= 11 is 1.28. The van der Waals surface area contributed by atoms with Gasteiger partial charge in [0, 0.05) is 46.7 Å². The van der Waals surface area contributed by atoms with Gasteiger partial charge in [0.05, 0.1) is 11.7 Å². The van der Waals surface area contributed by atoms with Crippen LogP contribution in [0.3, 0.4) is 0 Å². The summed E-state index contributed by atoms with van der Waals surface area (Å²) in [5.41, 5.74) is 28.0. The molecule has 3 aromatic heterocycles. The molecule has 0 N–H and O–H groups in total. The summed E-state index contributed by atoms with van der Waals surface area (Å²) in [5, 5.41) is 0. The van der Waals surface area contributed by atoms with Gasteiger partial charge >= 0.3 is 0 Å². The van der Waals surface area contributed by atoms with Gasteiger partial charge in [-0.05, 0) is 172 Å². The van der Waals surface area contributed by atoms with Crippen molar-refractivity contribution in [3.63, 3.8) is 0 Å². The van der Waals surface area contributed by atoms with Gasteiger partial charge < -0.3 is 0 Å². The topological polar surface area (TPSA) is 51.6 Å². The smallest absolute Gasteiger partial charge is 0.113 e. The number of hydrogen-bond acceptors (Lipinski definition) is 5. The molecule has 0 bridgehead atoms. The Balaban J connectivity index is 0.931. The normalized spacial score (nSPS) is 13.9. The Bertz CT molecular complexity index is 4000. The van der Waals surface area contributed by atoms with Crippen LogP contribution in [0.4, 0.5) is 0 Å². The van der Waals surface area contributed by atoms with Gasteiger partial charge in [-0.15, -0.1) is 0 Å². The van der Waals surface area contributed by atoms with E-state index in [1.807, 2.05) is 30.9 Å². The van der Waals surface area contributed by atoms with Gasteiger partial charge in [-0.25, -0.2) is 0 Å². The van der Waals surface area contributed by atoms with Crippen LogP contribution in [0.5, 0.6) is 0 Å². The highest BCUT2D eigenvalue weighted by atomic mass is 32.1. The second-order valence-electron chi connectivity index (χ2n) is 20.4. The van der Waals surface area contributed by atoms with E-state index < -0.39 is 0 Å². The van der Waals surface area contributed by atoms with E-state index in [4.69, 9.17) is 8.75 Å². The molecule has 0 fully saturated rings. The lowest BCUT2D eigenvalue weighted by molar-refractivity contribution is 0.660. The number of nitrogens with zero attached hydrogens (tertiary/aromatic N) is 4. The highest BCUT2D eigenvalue weighted by Gasteiger charge is 2.38. The van der Waals surface area contributed by atoms with Gasteiger partial charge in [0.1, 0.15) is 11.0 Å². The Morgan fingerprint density at radius 3 is 1.11 bits per heavy atom. The average molecular weight is 955 g/mol. The van der Waals surface area contributed by atoms with Crippen LogP contribution in [0.25, 0.3) is 113 Å². The number of benzene rings is 8. The van der Waals surface area contributed by atoms with Crippen LogP contribution in [0.2, 0.25) is 0 Å². The highest BCUT2D eigenvalue weighted by molar-refractivity contribution is 7.00. The number of pyridine rings is 2. The maximum absolute atomic E-state index is 4.86. The molecule has 2 aliphatic carbocycles. The molecule has 0 radical (unpaired) electrons. The lowest BCUT2D eigenvalue weighted by Crippen LogP contribution is -2.15. The van der Waals surface area contributed by atoms with Crippen molar-refractivity contribution in [2.75, 3.05) is 0 Å². The van der Waals surface area contributed by atoms with Crippen LogP contribution in [-0.2, 0) is 10.8 Å². The molecule has 2 aliphatic rings. The van der Waals surface area contributed by atoms with Crippen molar-refractivity contribution in [3.05, 3.63) is 251 Å². The van der Waals surface area contributed by atoms with Crippen molar-refractivity contribution in [1.82, 2.24) is 18.7 Å². The molecular weight excluding hydrogens is 905 g/mol. The Labute approximate surface area is 431 Å². The van der Waals surface area contributed by atoms with Gasteiger partial charge in [-0.2, -0.15) is 8.75 Å². The molecule has 13 rings (SSSR count). The Kier molecular flexibility index (Phi) is 10.7. The molecule has 0 aliphatic heterocycles. The van der Waals surface area contributed by atoms with Crippen molar-refractivity contribution >= 4 is 47.1 Å². The summed E-state index contributed by atoms with van der Waals surface area (Å²) in [7, 11) is 0. The van der Waals surface area contributed by atoms with Crippen molar-refractivity contribution in [2.24, 2.45) is 0 Å².